The van der Waals surface area contributed by atoms with E-state index in [2.05, 4.69) is 5.10 Å². The number of alkyl halides is 3. The normalized spacial score (nSPS) is 12.4. The zero-order chi connectivity index (χ0) is 18.4. The minimum absolute atomic E-state index is 0.278. The molecular formula is C14H13F3N2O4S. The number of sulfone groups is 1. The molecule has 0 saturated heterocycles. The van der Waals surface area contributed by atoms with Crippen LogP contribution in [0.2, 0.25) is 0 Å². The highest BCUT2D eigenvalue weighted by Gasteiger charge is 2.38. The zero-order valence-electron chi connectivity index (χ0n) is 12.9. The Bertz CT molecular complexity index is 984. The second kappa shape index (κ2) is 5.62. The van der Waals surface area contributed by atoms with Gasteiger partial charge in [-0.05, 0) is 18.6 Å². The molecule has 0 aliphatic carbocycles. The number of ketones is 1. The van der Waals surface area contributed by atoms with Crippen LogP contribution in [0.5, 0.6) is 0 Å². The lowest BCUT2D eigenvalue weighted by atomic mass is 9.98. The summed E-state index contributed by atoms with van der Waals surface area (Å²) in [6.45, 7) is 1.11. The Morgan fingerprint density at radius 2 is 1.79 bits per heavy atom. The molecule has 10 heteroatoms. The molecule has 130 valence electrons. The van der Waals surface area contributed by atoms with E-state index in [0.29, 0.717) is 12.3 Å². The average Bonchev–Trinajstić information content (AvgIpc) is 2.75. The second-order valence-electron chi connectivity index (χ2n) is 5.27. The number of hydrogen-bond donors (Lipinski definition) is 1. The minimum atomic E-state index is -4.89. The summed E-state index contributed by atoms with van der Waals surface area (Å²) < 4.78 is 63.9. The molecule has 0 amide bonds. The molecule has 2 rings (SSSR count). The quantitative estimate of drug-likeness (QED) is 0.842. The van der Waals surface area contributed by atoms with Gasteiger partial charge in [-0.15, -0.1) is 0 Å². The number of nitrogens with zero attached hydrogens (tertiary/aromatic N) is 1. The third kappa shape index (κ3) is 3.01. The van der Waals surface area contributed by atoms with Crippen LogP contribution in [0.15, 0.2) is 28.0 Å². The van der Waals surface area contributed by atoms with Crippen molar-refractivity contribution >= 4 is 15.6 Å². The topological polar surface area (TPSA) is 89.0 Å². The van der Waals surface area contributed by atoms with Gasteiger partial charge in [0.15, 0.2) is 15.6 Å². The van der Waals surface area contributed by atoms with Gasteiger partial charge in [0.1, 0.15) is 5.56 Å². The number of hydrogen-bond acceptors (Lipinski definition) is 4. The van der Waals surface area contributed by atoms with E-state index < -0.39 is 37.8 Å². The number of H-pyrrole nitrogens is 1. The van der Waals surface area contributed by atoms with E-state index in [1.165, 1.54) is 7.05 Å². The molecule has 0 atom stereocenters. The summed E-state index contributed by atoms with van der Waals surface area (Å²) in [5.74, 6) is -0.854. The number of aromatic amines is 1. The summed E-state index contributed by atoms with van der Waals surface area (Å²) in [6.07, 6.45) is -3.15. The van der Waals surface area contributed by atoms with Crippen molar-refractivity contribution in [3.8, 4) is 0 Å². The summed E-state index contributed by atoms with van der Waals surface area (Å²) in [5.41, 5.74) is -2.93. The van der Waals surface area contributed by atoms with Crippen molar-refractivity contribution in [2.24, 2.45) is 7.05 Å². The Morgan fingerprint density at radius 3 is 2.21 bits per heavy atom. The van der Waals surface area contributed by atoms with Gasteiger partial charge in [-0.2, -0.15) is 13.2 Å². The van der Waals surface area contributed by atoms with Gasteiger partial charge in [0.25, 0.3) is 5.56 Å². The first-order valence-corrected chi connectivity index (χ1v) is 8.44. The molecule has 0 unspecified atom stereocenters. The number of aromatic nitrogens is 2. The Morgan fingerprint density at radius 1 is 1.21 bits per heavy atom. The van der Waals surface area contributed by atoms with Gasteiger partial charge < -0.3 is 5.10 Å². The maximum Gasteiger partial charge on any atom is 0.417 e. The summed E-state index contributed by atoms with van der Waals surface area (Å²) in [6, 6.07) is 1.41. The Balaban J connectivity index is 2.78. The van der Waals surface area contributed by atoms with E-state index in [1.807, 2.05) is 0 Å². The van der Waals surface area contributed by atoms with E-state index in [1.54, 1.807) is 0 Å². The summed E-state index contributed by atoms with van der Waals surface area (Å²) in [5, 5.41) is 2.47. The molecule has 1 heterocycles. The number of halogens is 3. The van der Waals surface area contributed by atoms with Crippen LogP contribution < -0.4 is 5.56 Å². The summed E-state index contributed by atoms with van der Waals surface area (Å²) in [4.78, 5) is 23.3. The maximum atomic E-state index is 13.1. The Hall–Kier alpha value is -2.36. The van der Waals surface area contributed by atoms with Gasteiger partial charge in [0, 0.05) is 25.1 Å². The predicted octanol–water partition coefficient (Wildman–Crippen LogP) is 1.68. The fourth-order valence-corrected chi connectivity index (χ4v) is 3.66. The fourth-order valence-electron chi connectivity index (χ4n) is 2.41. The lowest BCUT2D eigenvalue weighted by Crippen LogP contribution is -2.21. The zero-order valence-corrected chi connectivity index (χ0v) is 13.7. The van der Waals surface area contributed by atoms with Crippen molar-refractivity contribution in [2.45, 2.75) is 18.0 Å². The second-order valence-corrected chi connectivity index (χ2v) is 7.22. The Kier molecular flexibility index (Phi) is 4.21. The van der Waals surface area contributed by atoms with Crippen LogP contribution in [0.4, 0.5) is 13.2 Å². The lowest BCUT2D eigenvalue weighted by Gasteiger charge is -2.16. The molecule has 1 aromatic heterocycles. The number of nitrogens with one attached hydrogen (secondary N) is 1. The highest BCUT2D eigenvalue weighted by molar-refractivity contribution is 7.90. The van der Waals surface area contributed by atoms with Gasteiger partial charge in [0.05, 0.1) is 10.5 Å². The number of rotatable bonds is 3. The summed E-state index contributed by atoms with van der Waals surface area (Å²) >= 11 is 0. The van der Waals surface area contributed by atoms with Crippen LogP contribution in [0.3, 0.4) is 0 Å². The molecule has 24 heavy (non-hydrogen) atoms. The first kappa shape index (κ1) is 18.0. The van der Waals surface area contributed by atoms with E-state index >= 15 is 0 Å². The smallest absolute Gasteiger partial charge is 0.302 e. The molecule has 1 aromatic carbocycles. The minimum Gasteiger partial charge on any atom is -0.302 e. The third-order valence-electron chi connectivity index (χ3n) is 3.51. The first-order valence-electron chi connectivity index (χ1n) is 6.55. The molecule has 0 bridgehead atoms. The number of carbonyl (C=O) groups is 1. The van der Waals surface area contributed by atoms with E-state index in [-0.39, 0.29) is 16.7 Å². The van der Waals surface area contributed by atoms with Gasteiger partial charge >= 0.3 is 6.18 Å². The van der Waals surface area contributed by atoms with E-state index in [4.69, 9.17) is 0 Å². The van der Waals surface area contributed by atoms with Crippen LogP contribution in [-0.4, -0.2) is 30.2 Å². The van der Waals surface area contributed by atoms with Crippen molar-refractivity contribution < 1.29 is 26.4 Å². The van der Waals surface area contributed by atoms with Gasteiger partial charge in [-0.25, -0.2) is 8.42 Å². The Labute approximate surface area is 134 Å². The maximum absolute atomic E-state index is 13.1. The summed E-state index contributed by atoms with van der Waals surface area (Å²) in [7, 11) is -2.89. The molecule has 0 radical (unpaired) electrons. The van der Waals surface area contributed by atoms with Crippen molar-refractivity contribution in [3.63, 3.8) is 0 Å². The fraction of sp³-hybridized carbons (Fsp3) is 0.286. The molecule has 0 saturated carbocycles. The van der Waals surface area contributed by atoms with E-state index in [0.717, 1.165) is 23.9 Å². The lowest BCUT2D eigenvalue weighted by molar-refractivity contribution is -0.139. The van der Waals surface area contributed by atoms with Crippen LogP contribution in [0.1, 0.15) is 27.0 Å². The van der Waals surface area contributed by atoms with Crippen LogP contribution >= 0.6 is 0 Å². The van der Waals surface area contributed by atoms with Crippen molar-refractivity contribution in [1.82, 2.24) is 9.78 Å². The van der Waals surface area contributed by atoms with Crippen LogP contribution in [0.25, 0.3) is 0 Å². The molecule has 0 aliphatic rings. The monoisotopic (exact) mass is 362 g/mol. The van der Waals surface area contributed by atoms with Crippen molar-refractivity contribution in [2.75, 3.05) is 6.26 Å². The number of carbonyl (C=O) groups excluding carboxylic acids is 1. The van der Waals surface area contributed by atoms with Gasteiger partial charge in [-0.1, -0.05) is 6.07 Å². The van der Waals surface area contributed by atoms with Crippen molar-refractivity contribution in [1.29, 1.82) is 0 Å². The standard InChI is InChI=1S/C14H13F3N2O4S/c1-7-8(11(20)9-6-18-19(2)13(9)21)4-5-10(14(15,16)17)12(7)24(3,22)23/h4-6,18H,1-3H3. The number of benzene rings is 1. The molecular weight excluding hydrogens is 349 g/mol. The van der Waals surface area contributed by atoms with Crippen molar-refractivity contribution in [3.05, 3.63) is 50.9 Å². The molecule has 1 N–H and O–H groups in total. The molecule has 6 nitrogen and oxygen atoms in total. The highest BCUT2D eigenvalue weighted by Crippen LogP contribution is 2.37. The molecule has 2 aromatic rings. The highest BCUT2D eigenvalue weighted by atomic mass is 32.2. The largest absolute Gasteiger partial charge is 0.417 e. The molecule has 0 aliphatic heterocycles. The number of aryl methyl sites for hydroxylation is 1. The van der Waals surface area contributed by atoms with Crippen LogP contribution in [-0.2, 0) is 23.1 Å². The average molecular weight is 362 g/mol. The molecule has 0 spiro atoms. The predicted molar refractivity (Wildman–Crippen MR) is 78.8 cm³/mol. The SMILES string of the molecule is Cc1c(C(=O)c2c[nH]n(C)c2=O)ccc(C(F)(F)F)c1S(C)(=O)=O. The van der Waals surface area contributed by atoms with Gasteiger partial charge in [0.2, 0.25) is 0 Å². The van der Waals surface area contributed by atoms with Gasteiger partial charge in [-0.3, -0.25) is 14.3 Å². The first-order chi connectivity index (χ1) is 10.9. The van der Waals surface area contributed by atoms with E-state index in [9.17, 15) is 31.2 Å². The van der Waals surface area contributed by atoms with Crippen LogP contribution in [0, 0.1) is 6.92 Å². The molecule has 0 fully saturated rings. The third-order valence-corrected chi connectivity index (χ3v) is 4.78.